The molecule has 0 bridgehead atoms. The van der Waals surface area contributed by atoms with Crippen LogP contribution in [0.5, 0.6) is 0 Å². The van der Waals surface area contributed by atoms with E-state index in [1.54, 1.807) is 55.5 Å². The highest BCUT2D eigenvalue weighted by Gasteiger charge is 2.51. The second kappa shape index (κ2) is 10.5. The second-order valence-corrected chi connectivity index (χ2v) is 8.14. The van der Waals surface area contributed by atoms with Gasteiger partial charge in [-0.3, -0.25) is 14.5 Å². The van der Waals surface area contributed by atoms with E-state index in [0.29, 0.717) is 34.9 Å². The lowest BCUT2D eigenvalue weighted by Crippen LogP contribution is -2.44. The molecule has 9 heteroatoms. The molecule has 1 unspecified atom stereocenters. The Kier molecular flexibility index (Phi) is 7.71. The van der Waals surface area contributed by atoms with E-state index < -0.39 is 35.9 Å². The standard InChI is InChI=1S/C24H26ClN3O5/c1-3-5-14-33-21(30)16-6-12-19(13-7-16)26-20(29)15-28-22(31)24(4-2,27-23(28)32)17-8-10-18(25)11-9-17/h6-13H,3-5,14-15H2,1-2H3,(H,26,29)(H,27,32). The number of nitrogens with zero attached hydrogens (tertiary/aromatic N) is 1. The van der Waals surface area contributed by atoms with Gasteiger partial charge >= 0.3 is 12.0 Å². The fourth-order valence-corrected chi connectivity index (χ4v) is 3.70. The van der Waals surface area contributed by atoms with Crippen molar-refractivity contribution in [3.05, 3.63) is 64.7 Å². The molecule has 2 aromatic rings. The molecule has 2 aromatic carbocycles. The molecule has 1 aliphatic rings. The number of esters is 1. The molecular formula is C24H26ClN3O5. The van der Waals surface area contributed by atoms with Gasteiger partial charge in [-0.2, -0.15) is 0 Å². The fraction of sp³-hybridized carbons (Fsp3) is 0.333. The minimum Gasteiger partial charge on any atom is -0.462 e. The third kappa shape index (κ3) is 5.34. The van der Waals surface area contributed by atoms with Gasteiger partial charge in [0.1, 0.15) is 12.1 Å². The predicted molar refractivity (Wildman–Crippen MR) is 124 cm³/mol. The number of hydrogen-bond donors (Lipinski definition) is 2. The van der Waals surface area contributed by atoms with Crippen LogP contribution in [0.2, 0.25) is 5.02 Å². The molecule has 1 aliphatic heterocycles. The Hall–Kier alpha value is -3.39. The van der Waals surface area contributed by atoms with E-state index >= 15 is 0 Å². The van der Waals surface area contributed by atoms with Crippen molar-refractivity contribution in [1.82, 2.24) is 10.2 Å². The number of anilines is 1. The minimum atomic E-state index is -1.25. The highest BCUT2D eigenvalue weighted by molar-refractivity contribution is 6.30. The molecule has 1 heterocycles. The number of ether oxygens (including phenoxy) is 1. The van der Waals surface area contributed by atoms with Crippen LogP contribution in [0.1, 0.15) is 49.0 Å². The maximum absolute atomic E-state index is 13.1. The molecule has 0 aliphatic carbocycles. The zero-order chi connectivity index (χ0) is 24.0. The summed E-state index contributed by atoms with van der Waals surface area (Å²) >= 11 is 5.94. The summed E-state index contributed by atoms with van der Waals surface area (Å²) < 4.78 is 5.15. The molecule has 33 heavy (non-hydrogen) atoms. The van der Waals surface area contributed by atoms with E-state index in [2.05, 4.69) is 10.6 Å². The molecule has 3 rings (SSSR count). The normalized spacial score (nSPS) is 17.6. The van der Waals surface area contributed by atoms with Gasteiger partial charge in [-0.05, 0) is 54.8 Å². The first kappa shape index (κ1) is 24.3. The largest absolute Gasteiger partial charge is 0.462 e. The first-order valence-electron chi connectivity index (χ1n) is 10.8. The lowest BCUT2D eigenvalue weighted by Gasteiger charge is -2.25. The molecule has 1 fully saturated rings. The summed E-state index contributed by atoms with van der Waals surface area (Å²) in [5.41, 5.74) is 0.143. The number of carbonyl (C=O) groups is 4. The Balaban J connectivity index is 1.64. The van der Waals surface area contributed by atoms with Crippen molar-refractivity contribution in [2.45, 2.75) is 38.6 Å². The topological polar surface area (TPSA) is 105 Å². The lowest BCUT2D eigenvalue weighted by atomic mass is 9.87. The van der Waals surface area contributed by atoms with Crippen LogP contribution in [0.25, 0.3) is 0 Å². The summed E-state index contributed by atoms with van der Waals surface area (Å²) in [6, 6.07) is 12.2. The van der Waals surface area contributed by atoms with Crippen LogP contribution in [0, 0.1) is 0 Å². The molecule has 0 saturated carbocycles. The van der Waals surface area contributed by atoms with Crippen LogP contribution in [0.15, 0.2) is 48.5 Å². The Bertz CT molecular complexity index is 1040. The number of halogens is 1. The number of hydrogen-bond acceptors (Lipinski definition) is 5. The molecule has 0 aromatic heterocycles. The van der Waals surface area contributed by atoms with E-state index in [4.69, 9.17) is 16.3 Å². The molecule has 4 amide bonds. The average molecular weight is 472 g/mol. The molecule has 0 radical (unpaired) electrons. The van der Waals surface area contributed by atoms with Gasteiger partial charge in [0.15, 0.2) is 0 Å². The van der Waals surface area contributed by atoms with Gasteiger partial charge in [0, 0.05) is 10.7 Å². The summed E-state index contributed by atoms with van der Waals surface area (Å²) in [5.74, 6) is -1.48. The Morgan fingerprint density at radius 1 is 1.06 bits per heavy atom. The number of imide groups is 1. The van der Waals surface area contributed by atoms with E-state index in [9.17, 15) is 19.2 Å². The van der Waals surface area contributed by atoms with Crippen molar-refractivity contribution in [2.75, 3.05) is 18.5 Å². The molecular weight excluding hydrogens is 446 g/mol. The van der Waals surface area contributed by atoms with Gasteiger partial charge in [0.25, 0.3) is 5.91 Å². The summed E-state index contributed by atoms with van der Waals surface area (Å²) in [6.07, 6.45) is 2.03. The molecule has 2 N–H and O–H groups in total. The van der Waals surface area contributed by atoms with Crippen molar-refractivity contribution in [3.8, 4) is 0 Å². The molecule has 174 valence electrons. The monoisotopic (exact) mass is 471 g/mol. The molecule has 8 nitrogen and oxygen atoms in total. The van der Waals surface area contributed by atoms with Crippen LogP contribution in [0.4, 0.5) is 10.5 Å². The predicted octanol–water partition coefficient (Wildman–Crippen LogP) is 4.09. The highest BCUT2D eigenvalue weighted by Crippen LogP contribution is 2.33. The van der Waals surface area contributed by atoms with Crippen LogP contribution in [0.3, 0.4) is 0 Å². The number of nitrogens with one attached hydrogen (secondary N) is 2. The maximum Gasteiger partial charge on any atom is 0.338 e. The maximum atomic E-state index is 13.1. The zero-order valence-electron chi connectivity index (χ0n) is 18.5. The summed E-state index contributed by atoms with van der Waals surface area (Å²) in [7, 11) is 0. The highest BCUT2D eigenvalue weighted by atomic mass is 35.5. The van der Waals surface area contributed by atoms with Crippen molar-refractivity contribution >= 4 is 41.1 Å². The van der Waals surface area contributed by atoms with Gasteiger partial charge in [-0.1, -0.05) is 44.0 Å². The van der Waals surface area contributed by atoms with Gasteiger partial charge in [0.05, 0.1) is 12.2 Å². The van der Waals surface area contributed by atoms with Gasteiger partial charge in [-0.25, -0.2) is 9.59 Å². The third-order valence-corrected chi connectivity index (χ3v) is 5.73. The number of amides is 4. The summed E-state index contributed by atoms with van der Waals surface area (Å²) in [6.45, 7) is 3.70. The van der Waals surface area contributed by atoms with Crippen molar-refractivity contribution < 1.29 is 23.9 Å². The lowest BCUT2D eigenvalue weighted by molar-refractivity contribution is -0.134. The Morgan fingerprint density at radius 3 is 2.33 bits per heavy atom. The Labute approximate surface area is 197 Å². The number of rotatable bonds is 9. The Morgan fingerprint density at radius 2 is 1.73 bits per heavy atom. The summed E-state index contributed by atoms with van der Waals surface area (Å²) in [5, 5.41) is 5.88. The first-order valence-corrected chi connectivity index (χ1v) is 11.2. The van der Waals surface area contributed by atoms with E-state index in [1.807, 2.05) is 6.92 Å². The SMILES string of the molecule is CCCCOC(=O)c1ccc(NC(=O)CN2C(=O)NC(CC)(c3ccc(Cl)cc3)C2=O)cc1. The minimum absolute atomic E-state index is 0.313. The van der Waals surface area contributed by atoms with Gasteiger partial charge in [-0.15, -0.1) is 0 Å². The van der Waals surface area contributed by atoms with Crippen LogP contribution >= 0.6 is 11.6 Å². The van der Waals surface area contributed by atoms with Crippen molar-refractivity contribution in [1.29, 1.82) is 0 Å². The third-order valence-electron chi connectivity index (χ3n) is 5.48. The van der Waals surface area contributed by atoms with Crippen LogP contribution in [-0.4, -0.2) is 41.9 Å². The quantitative estimate of drug-likeness (QED) is 0.325. The van der Waals surface area contributed by atoms with Crippen LogP contribution < -0.4 is 10.6 Å². The number of benzene rings is 2. The molecule has 1 saturated heterocycles. The van der Waals surface area contributed by atoms with E-state index in [1.165, 1.54) is 0 Å². The number of urea groups is 1. The van der Waals surface area contributed by atoms with Crippen molar-refractivity contribution in [3.63, 3.8) is 0 Å². The molecule has 1 atom stereocenters. The smallest absolute Gasteiger partial charge is 0.338 e. The number of unbranched alkanes of at least 4 members (excludes halogenated alkanes) is 1. The van der Waals surface area contributed by atoms with Gasteiger partial charge in [0.2, 0.25) is 5.91 Å². The van der Waals surface area contributed by atoms with Crippen LogP contribution in [-0.2, 0) is 19.9 Å². The molecule has 0 spiro atoms. The fourth-order valence-electron chi connectivity index (χ4n) is 3.57. The average Bonchev–Trinajstić information content (AvgIpc) is 3.05. The summed E-state index contributed by atoms with van der Waals surface area (Å²) in [4.78, 5) is 51.1. The van der Waals surface area contributed by atoms with E-state index in [0.717, 1.165) is 17.7 Å². The second-order valence-electron chi connectivity index (χ2n) is 7.70. The zero-order valence-corrected chi connectivity index (χ0v) is 19.3. The first-order chi connectivity index (χ1) is 15.8. The number of carbonyl (C=O) groups excluding carboxylic acids is 4. The van der Waals surface area contributed by atoms with Gasteiger partial charge < -0.3 is 15.4 Å². The van der Waals surface area contributed by atoms with E-state index in [-0.39, 0.29) is 0 Å². The van der Waals surface area contributed by atoms with Crippen molar-refractivity contribution in [2.24, 2.45) is 0 Å².